The summed E-state index contributed by atoms with van der Waals surface area (Å²) in [6.07, 6.45) is 4.74. The molecule has 26 heavy (non-hydrogen) atoms. The van der Waals surface area contributed by atoms with E-state index in [9.17, 15) is 0 Å². The molecule has 0 fully saturated rings. The van der Waals surface area contributed by atoms with Crippen LogP contribution in [-0.4, -0.2) is 18.5 Å². The van der Waals surface area contributed by atoms with Gasteiger partial charge in [-0.2, -0.15) is 0 Å². The molecule has 2 nitrogen and oxygen atoms in total. The summed E-state index contributed by atoms with van der Waals surface area (Å²) in [5.74, 6) is 0. The van der Waals surface area contributed by atoms with Gasteiger partial charge in [-0.25, -0.2) is 0 Å². The molecular weight excluding hydrogens is 356 g/mol. The van der Waals surface area contributed by atoms with Crippen molar-refractivity contribution in [1.29, 1.82) is 0 Å². The number of nitrogens with zero attached hydrogens (tertiary/aromatic N) is 2. The molecule has 2 aromatic rings. The van der Waals surface area contributed by atoms with Crippen LogP contribution in [0.5, 0.6) is 0 Å². The van der Waals surface area contributed by atoms with Gasteiger partial charge in [-0.05, 0) is 62.8 Å². The van der Waals surface area contributed by atoms with Crippen LogP contribution in [0.15, 0.2) is 81.1 Å². The number of allylic oxidation sites excluding steroid dienone is 2. The Balaban J connectivity index is 1.59. The molecule has 1 atom stereocenters. The van der Waals surface area contributed by atoms with Crippen molar-refractivity contribution in [3.8, 4) is 0 Å². The van der Waals surface area contributed by atoms with Crippen LogP contribution in [0.1, 0.15) is 20.8 Å². The van der Waals surface area contributed by atoms with Crippen LogP contribution in [0.4, 0.5) is 11.4 Å². The van der Waals surface area contributed by atoms with Crippen molar-refractivity contribution in [1.82, 2.24) is 0 Å². The first-order valence-corrected chi connectivity index (χ1v) is 10.9. The number of benzene rings is 2. The van der Waals surface area contributed by atoms with Crippen LogP contribution in [-0.2, 0) is 0 Å². The van der Waals surface area contributed by atoms with E-state index in [0.29, 0.717) is 5.37 Å². The minimum atomic E-state index is 0.373. The van der Waals surface area contributed by atoms with Gasteiger partial charge in [0.1, 0.15) is 0 Å². The summed E-state index contributed by atoms with van der Waals surface area (Å²) in [6, 6.07) is 17.4. The zero-order chi connectivity index (χ0) is 18.1. The lowest BCUT2D eigenvalue weighted by Crippen LogP contribution is -2.27. The number of para-hydroxylation sites is 2. The van der Waals surface area contributed by atoms with Crippen LogP contribution >= 0.6 is 23.5 Å². The van der Waals surface area contributed by atoms with Crippen molar-refractivity contribution in [3.05, 3.63) is 71.3 Å². The molecule has 4 rings (SSSR count). The number of rotatable bonds is 4. The Hall–Kier alpha value is -1.78. The smallest absolute Gasteiger partial charge is 0.0988 e. The normalized spacial score (nSPS) is 20.7. The highest BCUT2D eigenvalue weighted by Gasteiger charge is 2.27. The maximum absolute atomic E-state index is 2.48. The monoisotopic (exact) mass is 380 g/mol. The summed E-state index contributed by atoms with van der Waals surface area (Å²) in [5.41, 5.74) is 4.01. The molecule has 0 spiro atoms. The third-order valence-corrected chi connectivity index (χ3v) is 7.12. The van der Waals surface area contributed by atoms with Gasteiger partial charge >= 0.3 is 0 Å². The third-order valence-electron chi connectivity index (χ3n) is 4.78. The van der Waals surface area contributed by atoms with Crippen molar-refractivity contribution >= 4 is 34.9 Å². The van der Waals surface area contributed by atoms with E-state index >= 15 is 0 Å². The molecule has 0 bridgehead atoms. The van der Waals surface area contributed by atoms with Crippen molar-refractivity contribution in [3.63, 3.8) is 0 Å². The van der Waals surface area contributed by atoms with E-state index in [1.807, 2.05) is 23.5 Å². The van der Waals surface area contributed by atoms with E-state index in [0.717, 1.165) is 13.1 Å². The van der Waals surface area contributed by atoms with Crippen molar-refractivity contribution in [2.45, 2.75) is 35.9 Å². The summed E-state index contributed by atoms with van der Waals surface area (Å²) >= 11 is 3.82. The highest BCUT2D eigenvalue weighted by molar-refractivity contribution is 8.03. The first kappa shape index (κ1) is 17.6. The van der Waals surface area contributed by atoms with Gasteiger partial charge in [0.05, 0.1) is 21.8 Å². The van der Waals surface area contributed by atoms with Crippen molar-refractivity contribution in [2.75, 3.05) is 22.9 Å². The average Bonchev–Trinajstić information content (AvgIpc) is 3.17. The Morgan fingerprint density at radius 1 is 0.962 bits per heavy atom. The molecule has 0 N–H and O–H groups in total. The van der Waals surface area contributed by atoms with Gasteiger partial charge in [0, 0.05) is 22.9 Å². The molecular formula is C22H24N2S2. The van der Waals surface area contributed by atoms with Gasteiger partial charge in [-0.1, -0.05) is 47.8 Å². The number of hydrogen-bond donors (Lipinski definition) is 0. The van der Waals surface area contributed by atoms with Gasteiger partial charge in [-0.15, -0.1) is 0 Å². The predicted octanol–water partition coefficient (Wildman–Crippen LogP) is 6.36. The SMILES string of the molecule is CCN1C(=CC(C)=CC2Sc3ccccc3N2CC)Sc2ccccc21. The van der Waals surface area contributed by atoms with E-state index in [2.05, 4.69) is 91.3 Å². The lowest BCUT2D eigenvalue weighted by molar-refractivity contribution is 0.874. The molecule has 0 aromatic heterocycles. The van der Waals surface area contributed by atoms with Gasteiger partial charge < -0.3 is 9.80 Å². The van der Waals surface area contributed by atoms with Gasteiger partial charge in [0.2, 0.25) is 0 Å². The van der Waals surface area contributed by atoms with Gasteiger partial charge in [0.15, 0.2) is 0 Å². The Morgan fingerprint density at radius 2 is 1.65 bits per heavy atom. The Bertz CT molecular complexity index is 872. The van der Waals surface area contributed by atoms with Crippen LogP contribution in [0.2, 0.25) is 0 Å². The van der Waals surface area contributed by atoms with E-state index < -0.39 is 0 Å². The first-order valence-electron chi connectivity index (χ1n) is 9.18. The summed E-state index contributed by atoms with van der Waals surface area (Å²) in [4.78, 5) is 7.63. The molecule has 0 amide bonds. The lowest BCUT2D eigenvalue weighted by Gasteiger charge is -2.23. The maximum atomic E-state index is 2.48. The Kier molecular flexibility index (Phi) is 5.05. The quantitative estimate of drug-likeness (QED) is 0.608. The minimum absolute atomic E-state index is 0.373. The van der Waals surface area contributed by atoms with Crippen LogP contribution in [0.25, 0.3) is 0 Å². The highest BCUT2D eigenvalue weighted by Crippen LogP contribution is 2.47. The minimum Gasteiger partial charge on any atom is -0.355 e. The summed E-state index contributed by atoms with van der Waals surface area (Å²) in [6.45, 7) is 8.70. The van der Waals surface area contributed by atoms with Crippen LogP contribution in [0.3, 0.4) is 0 Å². The Morgan fingerprint density at radius 3 is 2.38 bits per heavy atom. The zero-order valence-corrected chi connectivity index (χ0v) is 17.1. The van der Waals surface area contributed by atoms with Crippen molar-refractivity contribution < 1.29 is 0 Å². The number of thioether (sulfide) groups is 2. The molecule has 4 heteroatoms. The summed E-state index contributed by atoms with van der Waals surface area (Å²) in [7, 11) is 0. The highest BCUT2D eigenvalue weighted by atomic mass is 32.2. The molecule has 0 saturated carbocycles. The second kappa shape index (κ2) is 7.45. The van der Waals surface area contributed by atoms with E-state index in [1.54, 1.807) is 0 Å². The van der Waals surface area contributed by atoms with Gasteiger partial charge in [0.25, 0.3) is 0 Å². The second-order valence-corrected chi connectivity index (χ2v) is 8.69. The average molecular weight is 381 g/mol. The molecule has 0 radical (unpaired) electrons. The van der Waals surface area contributed by atoms with Crippen LogP contribution < -0.4 is 9.80 Å². The number of hydrogen-bond acceptors (Lipinski definition) is 4. The molecule has 134 valence electrons. The number of likely N-dealkylation sites (N-methyl/N-ethyl adjacent to an activating group) is 1. The van der Waals surface area contributed by atoms with Gasteiger partial charge in [-0.3, -0.25) is 0 Å². The van der Waals surface area contributed by atoms with E-state index in [-0.39, 0.29) is 0 Å². The van der Waals surface area contributed by atoms with E-state index in [4.69, 9.17) is 0 Å². The lowest BCUT2D eigenvalue weighted by atomic mass is 10.2. The number of fused-ring (bicyclic) bond motifs is 2. The topological polar surface area (TPSA) is 6.48 Å². The fourth-order valence-corrected chi connectivity index (χ4v) is 6.19. The molecule has 2 aliphatic heterocycles. The van der Waals surface area contributed by atoms with E-state index in [1.165, 1.54) is 31.8 Å². The predicted molar refractivity (Wildman–Crippen MR) is 116 cm³/mol. The van der Waals surface area contributed by atoms with Crippen molar-refractivity contribution in [2.24, 2.45) is 0 Å². The first-order chi connectivity index (χ1) is 12.7. The molecule has 1 unspecified atom stereocenters. The summed E-state index contributed by atoms with van der Waals surface area (Å²) < 4.78 is 0. The standard InChI is InChI=1S/C22H24N2S2/c1-4-23-17-10-6-8-12-19(17)25-21(23)14-16(3)15-22-24(5-2)18-11-7-9-13-20(18)26-22/h6-15,21H,4-5H2,1-3H3. The largest absolute Gasteiger partial charge is 0.355 e. The zero-order valence-electron chi connectivity index (χ0n) is 15.5. The number of anilines is 2. The molecule has 2 aliphatic rings. The molecule has 0 saturated heterocycles. The Labute approximate surface area is 165 Å². The molecule has 2 heterocycles. The molecule has 2 aromatic carbocycles. The molecule has 0 aliphatic carbocycles. The van der Waals surface area contributed by atoms with Crippen LogP contribution in [0, 0.1) is 0 Å². The fraction of sp³-hybridized carbons (Fsp3) is 0.273. The summed E-state index contributed by atoms with van der Waals surface area (Å²) in [5, 5.41) is 1.70. The fourth-order valence-electron chi connectivity index (χ4n) is 3.55. The third kappa shape index (κ3) is 3.17. The second-order valence-electron chi connectivity index (χ2n) is 6.47. The maximum Gasteiger partial charge on any atom is 0.0988 e.